The molecule has 0 amide bonds. The summed E-state index contributed by atoms with van der Waals surface area (Å²) in [4.78, 5) is 16.1. The molecule has 217 valence electrons. The fourth-order valence-electron chi connectivity index (χ4n) is 5.47. The summed E-state index contributed by atoms with van der Waals surface area (Å²) in [5.74, 6) is 1.62. The molecule has 0 spiro atoms. The van der Waals surface area contributed by atoms with E-state index in [1.807, 2.05) is 40.0 Å². The monoisotopic (exact) mass is 725 g/mol. The second-order valence-corrected chi connectivity index (χ2v) is 12.3. The molecule has 1 N–H and O–H groups in total. The Bertz CT molecular complexity index is 1550. The Labute approximate surface area is 259 Å². The smallest absolute Gasteiger partial charge is 0.159 e. The van der Waals surface area contributed by atoms with Crippen molar-refractivity contribution in [3.63, 3.8) is 0 Å². The normalized spacial score (nSPS) is 11.9. The minimum absolute atomic E-state index is 0. The van der Waals surface area contributed by atoms with Gasteiger partial charge in [0.05, 0.1) is 5.76 Å². The van der Waals surface area contributed by atoms with E-state index >= 15 is 0 Å². The van der Waals surface area contributed by atoms with Gasteiger partial charge in [-0.3, -0.25) is 4.79 Å². The van der Waals surface area contributed by atoms with E-state index in [2.05, 4.69) is 75.4 Å². The maximum Gasteiger partial charge on any atom is 0.159 e. The van der Waals surface area contributed by atoms with Gasteiger partial charge >= 0.3 is 0 Å². The maximum absolute atomic E-state index is 11.2. The third kappa shape index (κ3) is 7.82. The Hall–Kier alpha value is -3.07. The second kappa shape index (κ2) is 14.2. The standard InChI is InChI=1S/C26H22N.C11H20O2.Ir/c1-16(2)13-18-11-12-21-22-10-6-9-19-17(3)15-27-26(25(19)22)23-8-5-4-7-20(23)24(21)14-18;1-8(2)5-10(12)7-11(13)6-9(3)4;/h4-7,9-12,14-16H,13H2,1-3H3;7-9,12H,5-6H2,1-4H3;/q-1;;/b;10-7-;. The zero-order valence-corrected chi connectivity index (χ0v) is 27.7. The number of aromatic nitrogens is 1. The summed E-state index contributed by atoms with van der Waals surface area (Å²) in [6.45, 7) is 14.7. The van der Waals surface area contributed by atoms with Gasteiger partial charge in [-0.05, 0) is 69.8 Å². The molecule has 1 aromatic heterocycles. The molecule has 3 nitrogen and oxygen atoms in total. The van der Waals surface area contributed by atoms with E-state index in [1.165, 1.54) is 50.2 Å². The van der Waals surface area contributed by atoms with Gasteiger partial charge in [0.1, 0.15) is 0 Å². The van der Waals surface area contributed by atoms with Gasteiger partial charge in [0.15, 0.2) is 5.78 Å². The fraction of sp³-hybridized carbons (Fsp3) is 0.351. The van der Waals surface area contributed by atoms with Crippen LogP contribution in [0.5, 0.6) is 0 Å². The molecule has 4 heteroatoms. The van der Waals surface area contributed by atoms with Crippen LogP contribution in [-0.2, 0) is 31.3 Å². The number of hydrogen-bond acceptors (Lipinski definition) is 3. The number of benzene rings is 3. The summed E-state index contributed by atoms with van der Waals surface area (Å²) in [6, 6.07) is 23.4. The number of aliphatic hydroxyl groups is 1. The molecule has 0 unspecified atom stereocenters. The summed E-state index contributed by atoms with van der Waals surface area (Å²) < 4.78 is 0. The summed E-state index contributed by atoms with van der Waals surface area (Å²) in [7, 11) is 0. The van der Waals surface area contributed by atoms with Crippen LogP contribution in [0.25, 0.3) is 44.3 Å². The molecule has 5 rings (SSSR count). The third-order valence-electron chi connectivity index (χ3n) is 7.07. The minimum Gasteiger partial charge on any atom is -0.512 e. The van der Waals surface area contributed by atoms with Gasteiger partial charge < -0.3 is 10.1 Å². The largest absolute Gasteiger partial charge is 0.512 e. The molecule has 1 heterocycles. The molecule has 1 radical (unpaired) electrons. The molecule has 4 aromatic rings. The number of carbonyl (C=O) groups excluding carboxylic acids is 1. The minimum atomic E-state index is 0. The molecular weight excluding hydrogens is 683 g/mol. The molecule has 0 fully saturated rings. The Morgan fingerprint density at radius 1 is 0.878 bits per heavy atom. The van der Waals surface area contributed by atoms with Crippen LogP contribution in [-0.4, -0.2) is 15.9 Å². The van der Waals surface area contributed by atoms with Gasteiger partial charge in [-0.15, -0.1) is 29.8 Å². The molecule has 0 bridgehead atoms. The van der Waals surface area contributed by atoms with Crippen molar-refractivity contribution in [2.24, 2.45) is 17.8 Å². The first kappa shape index (κ1) is 32.4. The first-order valence-corrected chi connectivity index (χ1v) is 14.5. The van der Waals surface area contributed by atoms with E-state index in [1.54, 1.807) is 0 Å². The predicted octanol–water partition coefficient (Wildman–Crippen LogP) is 9.94. The fourth-order valence-corrected chi connectivity index (χ4v) is 5.47. The molecule has 0 saturated heterocycles. The summed E-state index contributed by atoms with van der Waals surface area (Å²) in [5.41, 5.74) is 9.84. The molecule has 0 atom stereocenters. The van der Waals surface area contributed by atoms with Crippen molar-refractivity contribution in [1.29, 1.82) is 0 Å². The third-order valence-corrected chi connectivity index (χ3v) is 7.07. The number of allylic oxidation sites excluding steroid dienone is 2. The average molecular weight is 725 g/mol. The zero-order valence-electron chi connectivity index (χ0n) is 25.3. The Morgan fingerprint density at radius 2 is 1.59 bits per heavy atom. The first-order valence-electron chi connectivity index (χ1n) is 14.5. The number of ketones is 1. The van der Waals surface area contributed by atoms with Crippen molar-refractivity contribution in [2.75, 3.05) is 0 Å². The van der Waals surface area contributed by atoms with Gasteiger partial charge in [-0.1, -0.05) is 89.1 Å². The van der Waals surface area contributed by atoms with Crippen LogP contribution < -0.4 is 0 Å². The number of nitrogens with zero attached hydrogens (tertiary/aromatic N) is 1. The van der Waals surface area contributed by atoms with Crippen LogP contribution >= 0.6 is 0 Å². The number of fused-ring (bicyclic) bond motifs is 5. The predicted molar refractivity (Wildman–Crippen MR) is 168 cm³/mol. The maximum atomic E-state index is 11.2. The Kier molecular flexibility index (Phi) is 11.2. The van der Waals surface area contributed by atoms with Crippen LogP contribution in [0.4, 0.5) is 0 Å². The molecule has 1 aliphatic rings. The van der Waals surface area contributed by atoms with Crippen molar-refractivity contribution < 1.29 is 30.0 Å². The quantitative estimate of drug-likeness (QED) is 0.103. The summed E-state index contributed by atoms with van der Waals surface area (Å²) >= 11 is 0. The first-order chi connectivity index (χ1) is 19.0. The number of pyridine rings is 1. The van der Waals surface area contributed by atoms with E-state index < -0.39 is 0 Å². The van der Waals surface area contributed by atoms with E-state index in [-0.39, 0.29) is 31.6 Å². The van der Waals surface area contributed by atoms with Crippen LogP contribution in [0.15, 0.2) is 72.6 Å². The molecule has 1 aliphatic carbocycles. The van der Waals surface area contributed by atoms with Crippen molar-refractivity contribution in [3.05, 3.63) is 89.8 Å². The zero-order chi connectivity index (χ0) is 29.0. The number of aryl methyl sites for hydroxylation is 1. The van der Waals surface area contributed by atoms with Crippen molar-refractivity contribution in [1.82, 2.24) is 4.98 Å². The molecule has 0 saturated carbocycles. The topological polar surface area (TPSA) is 50.2 Å². The molecule has 0 aliphatic heterocycles. The van der Waals surface area contributed by atoms with Crippen LogP contribution in [0.2, 0.25) is 0 Å². The van der Waals surface area contributed by atoms with Gasteiger partial charge in [0.25, 0.3) is 0 Å². The van der Waals surface area contributed by atoms with Crippen LogP contribution in [0.3, 0.4) is 0 Å². The van der Waals surface area contributed by atoms with Crippen molar-refractivity contribution >= 4 is 16.6 Å². The summed E-state index contributed by atoms with van der Waals surface area (Å²) in [6.07, 6.45) is 5.55. The van der Waals surface area contributed by atoms with Gasteiger partial charge in [-0.25, -0.2) is 0 Å². The van der Waals surface area contributed by atoms with E-state index in [9.17, 15) is 9.90 Å². The molecular formula is C37H42IrNO2-. The van der Waals surface area contributed by atoms with Gasteiger partial charge in [-0.2, -0.15) is 0 Å². The molecule has 41 heavy (non-hydrogen) atoms. The number of aliphatic hydroxyl groups excluding tert-OH is 1. The number of rotatable bonds is 7. The Balaban J connectivity index is 0.000000284. The van der Waals surface area contributed by atoms with Crippen molar-refractivity contribution in [2.45, 2.75) is 67.7 Å². The number of hydrogen-bond donors (Lipinski definition) is 1. The summed E-state index contributed by atoms with van der Waals surface area (Å²) in [5, 5.41) is 11.9. The second-order valence-electron chi connectivity index (χ2n) is 12.3. The van der Waals surface area contributed by atoms with Crippen LogP contribution in [0.1, 0.15) is 65.5 Å². The van der Waals surface area contributed by atoms with E-state index in [0.29, 0.717) is 30.6 Å². The molecule has 3 aromatic carbocycles. The number of carbonyl (C=O) groups is 1. The Morgan fingerprint density at radius 3 is 2.27 bits per heavy atom. The van der Waals surface area contributed by atoms with Crippen molar-refractivity contribution in [3.8, 4) is 33.5 Å². The van der Waals surface area contributed by atoms with Gasteiger partial charge in [0.2, 0.25) is 0 Å². The SMILES string of the molecule is CC(C)CC(=O)/C=C(\O)CC(C)C.Cc1cnc2c3c(cccc13)-c1ccc(CC(C)C)cc1-c1ccc[c-]c1-2.[Ir]. The van der Waals surface area contributed by atoms with Crippen LogP contribution in [0, 0.1) is 30.7 Å². The average Bonchev–Trinajstić information content (AvgIpc) is 2.99. The van der Waals surface area contributed by atoms with E-state index in [4.69, 9.17) is 4.98 Å². The van der Waals surface area contributed by atoms with Gasteiger partial charge in [0, 0.05) is 45.2 Å². The van der Waals surface area contributed by atoms with E-state index in [0.717, 1.165) is 17.7 Å².